The highest BCUT2D eigenvalue weighted by molar-refractivity contribution is 6.03. The molecule has 0 bridgehead atoms. The number of amides is 1. The first kappa shape index (κ1) is 21.4. The molecule has 1 atom stereocenters. The van der Waals surface area contributed by atoms with E-state index < -0.39 is 0 Å². The van der Waals surface area contributed by atoms with Crippen molar-refractivity contribution in [3.8, 4) is 11.5 Å². The fraction of sp³-hybridized carbons (Fsp3) is 0.240. The molecule has 32 heavy (non-hydrogen) atoms. The van der Waals surface area contributed by atoms with Crippen LogP contribution in [0.5, 0.6) is 11.5 Å². The van der Waals surface area contributed by atoms with E-state index in [0.717, 1.165) is 17.0 Å². The highest BCUT2D eigenvalue weighted by Gasteiger charge is 2.35. The maximum atomic E-state index is 13.0. The highest BCUT2D eigenvalue weighted by Crippen LogP contribution is 2.33. The summed E-state index contributed by atoms with van der Waals surface area (Å²) >= 11 is 0. The molecule has 0 radical (unpaired) electrons. The molecule has 4 rings (SSSR count). The first-order chi connectivity index (χ1) is 15.6. The normalized spacial score (nSPS) is 15.4. The minimum atomic E-state index is -0.345. The first-order valence-corrected chi connectivity index (χ1v) is 10.4. The molecule has 2 heterocycles. The third-order valence-electron chi connectivity index (χ3n) is 5.32. The van der Waals surface area contributed by atoms with Crippen LogP contribution in [0.15, 0.2) is 76.4 Å². The number of benzene rings is 2. The van der Waals surface area contributed by atoms with Gasteiger partial charge in [0.05, 0.1) is 19.1 Å². The maximum Gasteiger partial charge on any atom is 0.281 e. The highest BCUT2D eigenvalue weighted by atomic mass is 16.5. The van der Waals surface area contributed by atoms with E-state index in [1.807, 2.05) is 37.3 Å². The summed E-state index contributed by atoms with van der Waals surface area (Å²) in [4.78, 5) is 24.8. The summed E-state index contributed by atoms with van der Waals surface area (Å²) in [5, 5.41) is 6.01. The van der Waals surface area contributed by atoms with Crippen LogP contribution in [0.4, 0.5) is 0 Å². The summed E-state index contributed by atoms with van der Waals surface area (Å²) in [5.41, 5.74) is 2.32. The van der Waals surface area contributed by atoms with E-state index in [-0.39, 0.29) is 24.3 Å². The summed E-state index contributed by atoms with van der Waals surface area (Å²) < 4.78 is 16.5. The molecule has 0 aliphatic carbocycles. The largest absolute Gasteiger partial charge is 0.497 e. The van der Waals surface area contributed by atoms with Crippen LogP contribution in [-0.2, 0) is 4.79 Å². The van der Waals surface area contributed by atoms with Crippen molar-refractivity contribution in [2.24, 2.45) is 5.10 Å². The van der Waals surface area contributed by atoms with Crippen molar-refractivity contribution in [3.05, 3.63) is 83.8 Å². The minimum Gasteiger partial charge on any atom is -0.497 e. The monoisotopic (exact) mass is 432 g/mol. The Morgan fingerprint density at radius 3 is 2.41 bits per heavy atom. The molecule has 0 saturated heterocycles. The van der Waals surface area contributed by atoms with Crippen LogP contribution in [0.1, 0.15) is 47.5 Å². The summed E-state index contributed by atoms with van der Waals surface area (Å²) in [6.45, 7) is 1.63. The van der Waals surface area contributed by atoms with Gasteiger partial charge >= 0.3 is 0 Å². The fourth-order valence-corrected chi connectivity index (χ4v) is 3.55. The Morgan fingerprint density at radius 2 is 1.78 bits per heavy atom. The lowest BCUT2D eigenvalue weighted by atomic mass is 10.0. The van der Waals surface area contributed by atoms with Crippen molar-refractivity contribution in [3.63, 3.8) is 0 Å². The maximum absolute atomic E-state index is 13.0. The predicted molar refractivity (Wildman–Crippen MR) is 119 cm³/mol. The van der Waals surface area contributed by atoms with Crippen molar-refractivity contribution >= 4 is 17.4 Å². The van der Waals surface area contributed by atoms with Gasteiger partial charge in [-0.3, -0.25) is 9.59 Å². The zero-order valence-electron chi connectivity index (χ0n) is 18.0. The lowest BCUT2D eigenvalue weighted by Gasteiger charge is -2.20. The average molecular weight is 432 g/mol. The zero-order valence-corrected chi connectivity index (χ0v) is 18.0. The van der Waals surface area contributed by atoms with Gasteiger partial charge in [0.25, 0.3) is 5.91 Å². The topological polar surface area (TPSA) is 81.3 Å². The molecule has 0 N–H and O–H groups in total. The van der Waals surface area contributed by atoms with E-state index in [1.54, 1.807) is 43.7 Å². The van der Waals surface area contributed by atoms with Gasteiger partial charge in [-0.1, -0.05) is 6.92 Å². The van der Waals surface area contributed by atoms with Crippen molar-refractivity contribution in [2.75, 3.05) is 13.7 Å². The molecular weight excluding hydrogens is 408 g/mol. The number of methoxy groups -OCH3 is 1. The van der Waals surface area contributed by atoms with Gasteiger partial charge in [-0.2, -0.15) is 5.10 Å². The standard InChI is InChI=1S/C25H24N2O5/c1-3-23(28)18-8-12-20(13-9-18)32-16-25(29)27-22(24-5-4-14-31-24)15-21(26-27)17-6-10-19(30-2)11-7-17/h4-14,22H,3,15-16H2,1-2H3/t22-/m1/s1. The van der Waals surface area contributed by atoms with Crippen LogP contribution in [0.25, 0.3) is 0 Å². The van der Waals surface area contributed by atoms with E-state index in [1.165, 1.54) is 5.01 Å². The smallest absolute Gasteiger partial charge is 0.281 e. The molecule has 2 aromatic carbocycles. The van der Waals surface area contributed by atoms with Crippen LogP contribution >= 0.6 is 0 Å². The van der Waals surface area contributed by atoms with Gasteiger partial charge < -0.3 is 13.9 Å². The van der Waals surface area contributed by atoms with Crippen LogP contribution in [0.3, 0.4) is 0 Å². The first-order valence-electron chi connectivity index (χ1n) is 10.4. The van der Waals surface area contributed by atoms with Crippen LogP contribution in [0.2, 0.25) is 0 Å². The number of Topliss-reactive ketones (excluding diaryl/α,β-unsaturated/α-hetero) is 1. The Morgan fingerprint density at radius 1 is 1.06 bits per heavy atom. The molecule has 7 heteroatoms. The molecule has 7 nitrogen and oxygen atoms in total. The second kappa shape index (κ2) is 9.51. The molecule has 0 fully saturated rings. The third kappa shape index (κ3) is 4.56. The summed E-state index contributed by atoms with van der Waals surface area (Å²) in [7, 11) is 1.62. The van der Waals surface area contributed by atoms with Crippen molar-refractivity contribution in [1.29, 1.82) is 0 Å². The predicted octanol–water partition coefficient (Wildman–Crippen LogP) is 4.64. The van der Waals surface area contributed by atoms with E-state index in [9.17, 15) is 9.59 Å². The molecule has 1 amide bonds. The number of nitrogens with zero attached hydrogens (tertiary/aromatic N) is 2. The number of carbonyl (C=O) groups is 2. The van der Waals surface area contributed by atoms with Crippen molar-refractivity contribution in [2.45, 2.75) is 25.8 Å². The van der Waals surface area contributed by atoms with Gasteiger partial charge in [0.15, 0.2) is 12.4 Å². The Kier molecular flexibility index (Phi) is 6.35. The molecule has 3 aromatic rings. The SMILES string of the molecule is CCC(=O)c1ccc(OCC(=O)N2N=C(c3ccc(OC)cc3)C[C@@H]2c2ccco2)cc1. The second-order valence-electron chi connectivity index (χ2n) is 7.34. The van der Waals surface area contributed by atoms with Crippen molar-refractivity contribution < 1.29 is 23.5 Å². The molecule has 1 aliphatic rings. The molecule has 0 unspecified atom stereocenters. The van der Waals surface area contributed by atoms with Gasteiger partial charge in [0.2, 0.25) is 0 Å². The lowest BCUT2D eigenvalue weighted by Crippen LogP contribution is -2.31. The molecule has 0 spiro atoms. The minimum absolute atomic E-state index is 0.0615. The van der Waals surface area contributed by atoms with E-state index >= 15 is 0 Å². The Bertz CT molecular complexity index is 1100. The molecule has 1 aromatic heterocycles. The van der Waals surface area contributed by atoms with Gasteiger partial charge in [0, 0.05) is 18.4 Å². The number of furan rings is 1. The summed E-state index contributed by atoms with van der Waals surface area (Å²) in [6, 6.07) is 17.6. The molecule has 1 aliphatic heterocycles. The number of hydrogen-bond donors (Lipinski definition) is 0. The number of ketones is 1. The van der Waals surface area contributed by atoms with E-state index in [0.29, 0.717) is 29.9 Å². The van der Waals surface area contributed by atoms with Gasteiger partial charge in [-0.25, -0.2) is 5.01 Å². The van der Waals surface area contributed by atoms with Gasteiger partial charge in [-0.15, -0.1) is 0 Å². The number of carbonyl (C=O) groups excluding carboxylic acids is 2. The van der Waals surface area contributed by atoms with Gasteiger partial charge in [-0.05, 0) is 66.2 Å². The van der Waals surface area contributed by atoms with Crippen molar-refractivity contribution in [1.82, 2.24) is 5.01 Å². The van der Waals surface area contributed by atoms with E-state index in [4.69, 9.17) is 13.9 Å². The fourth-order valence-electron chi connectivity index (χ4n) is 3.55. The third-order valence-corrected chi connectivity index (χ3v) is 5.32. The Hall–Kier alpha value is -3.87. The molecule has 0 saturated carbocycles. The quantitative estimate of drug-likeness (QED) is 0.485. The molecular formula is C25H24N2O5. The zero-order chi connectivity index (χ0) is 22.5. The number of hydrazone groups is 1. The molecule has 164 valence electrons. The number of hydrogen-bond acceptors (Lipinski definition) is 6. The van der Waals surface area contributed by atoms with E-state index in [2.05, 4.69) is 5.10 Å². The summed E-state index contributed by atoms with van der Waals surface area (Å²) in [5.74, 6) is 1.70. The Labute approximate surface area is 186 Å². The average Bonchev–Trinajstić information content (AvgIpc) is 3.52. The summed E-state index contributed by atoms with van der Waals surface area (Å²) in [6.07, 6.45) is 2.55. The van der Waals surface area contributed by atoms with Crippen LogP contribution < -0.4 is 9.47 Å². The second-order valence-corrected chi connectivity index (χ2v) is 7.34. The van der Waals surface area contributed by atoms with Gasteiger partial charge in [0.1, 0.15) is 23.3 Å². The number of rotatable bonds is 8. The number of ether oxygens (including phenoxy) is 2. The lowest BCUT2D eigenvalue weighted by molar-refractivity contribution is -0.135. The van der Waals surface area contributed by atoms with Crippen LogP contribution in [-0.4, -0.2) is 36.1 Å². The Balaban J connectivity index is 1.49. The van der Waals surface area contributed by atoms with Crippen LogP contribution in [0, 0.1) is 0 Å².